The van der Waals surface area contributed by atoms with Crippen LogP contribution in [0.3, 0.4) is 0 Å². The molecule has 0 aliphatic carbocycles. The molecule has 1 amide bonds. The smallest absolute Gasteiger partial charge is 0.230 e. The Morgan fingerprint density at radius 3 is 2.39 bits per heavy atom. The molecule has 0 aliphatic heterocycles. The maximum atomic E-state index is 13.4. The first-order chi connectivity index (χ1) is 15.1. The molecule has 1 aromatic heterocycles. The van der Waals surface area contributed by atoms with Gasteiger partial charge in [-0.15, -0.1) is 10.2 Å². The molecule has 1 N–H and O–H groups in total. The number of nitrogens with zero attached hydrogens (tertiary/aromatic N) is 3. The molecule has 0 atom stereocenters. The molecule has 4 aromatic rings. The summed E-state index contributed by atoms with van der Waals surface area (Å²) in [5.41, 5.74) is 3.85. The number of nitrogens with one attached hydrogen (secondary N) is 1. The number of thioether (sulfide) groups is 1. The number of hydrogen-bond acceptors (Lipinski definition) is 4. The van der Waals surface area contributed by atoms with Crippen LogP contribution < -0.4 is 5.32 Å². The average molecular weight is 433 g/mol. The average Bonchev–Trinajstić information content (AvgIpc) is 3.22. The number of rotatable bonds is 7. The van der Waals surface area contributed by atoms with Crippen molar-refractivity contribution in [2.24, 2.45) is 0 Å². The second-order valence-corrected chi connectivity index (χ2v) is 7.98. The zero-order valence-corrected chi connectivity index (χ0v) is 17.8. The molecule has 156 valence electrons. The predicted octanol–water partition coefficient (Wildman–Crippen LogP) is 4.79. The summed E-state index contributed by atoms with van der Waals surface area (Å²) < 4.78 is 15.2. The van der Waals surface area contributed by atoms with Gasteiger partial charge in [0.2, 0.25) is 5.91 Å². The number of benzene rings is 3. The number of para-hydroxylation sites is 1. The Balaban J connectivity index is 1.50. The Bertz CT molecular complexity index is 1160. The summed E-state index contributed by atoms with van der Waals surface area (Å²) in [4.78, 5) is 12.4. The highest BCUT2D eigenvalue weighted by Crippen LogP contribution is 2.28. The summed E-state index contributed by atoms with van der Waals surface area (Å²) in [7, 11) is 0. The van der Waals surface area contributed by atoms with Gasteiger partial charge in [-0.3, -0.25) is 9.36 Å². The lowest BCUT2D eigenvalue weighted by Gasteiger charge is -2.10. The van der Waals surface area contributed by atoms with Gasteiger partial charge in [-0.05, 0) is 48.9 Å². The van der Waals surface area contributed by atoms with Crippen LogP contribution in [0.15, 0.2) is 84.0 Å². The van der Waals surface area contributed by atoms with Gasteiger partial charge in [-0.25, -0.2) is 4.39 Å². The van der Waals surface area contributed by atoms with Gasteiger partial charge in [0.1, 0.15) is 5.82 Å². The van der Waals surface area contributed by atoms with Crippen molar-refractivity contribution >= 4 is 17.7 Å². The summed E-state index contributed by atoms with van der Waals surface area (Å²) in [5.74, 6) is 0.403. The van der Waals surface area contributed by atoms with Crippen LogP contribution in [-0.4, -0.2) is 26.4 Å². The molecule has 0 fully saturated rings. The van der Waals surface area contributed by atoms with Crippen LogP contribution in [0.25, 0.3) is 17.1 Å². The van der Waals surface area contributed by atoms with Crippen LogP contribution in [-0.2, 0) is 11.3 Å². The molecule has 4 rings (SSSR count). The SMILES string of the molecule is Cc1ccc(CNC(=O)CSc2nnc(-c3ccc(F)cc3)n2-c2ccccc2)cc1. The van der Waals surface area contributed by atoms with Crippen molar-refractivity contribution in [3.8, 4) is 17.1 Å². The monoisotopic (exact) mass is 432 g/mol. The van der Waals surface area contributed by atoms with Crippen molar-refractivity contribution in [2.75, 3.05) is 5.75 Å². The van der Waals surface area contributed by atoms with Gasteiger partial charge in [-0.1, -0.05) is 59.8 Å². The molecule has 0 aliphatic rings. The van der Waals surface area contributed by atoms with E-state index in [2.05, 4.69) is 15.5 Å². The predicted molar refractivity (Wildman–Crippen MR) is 121 cm³/mol. The first-order valence-electron chi connectivity index (χ1n) is 9.82. The quantitative estimate of drug-likeness (QED) is 0.427. The number of aryl methyl sites for hydroxylation is 1. The molecule has 0 saturated carbocycles. The molecule has 1 heterocycles. The summed E-state index contributed by atoms with van der Waals surface area (Å²) >= 11 is 1.31. The molecule has 0 bridgehead atoms. The number of hydrogen-bond donors (Lipinski definition) is 1. The minimum absolute atomic E-state index is 0.0866. The fraction of sp³-hybridized carbons (Fsp3) is 0.125. The Hall–Kier alpha value is -3.45. The Kier molecular flexibility index (Phi) is 6.43. The van der Waals surface area contributed by atoms with Crippen LogP contribution in [0.5, 0.6) is 0 Å². The molecule has 5 nitrogen and oxygen atoms in total. The van der Waals surface area contributed by atoms with Crippen molar-refractivity contribution in [3.63, 3.8) is 0 Å². The topological polar surface area (TPSA) is 59.8 Å². The number of aromatic nitrogens is 3. The van der Waals surface area contributed by atoms with Crippen molar-refractivity contribution in [1.29, 1.82) is 0 Å². The van der Waals surface area contributed by atoms with E-state index in [-0.39, 0.29) is 17.5 Å². The van der Waals surface area contributed by atoms with Crippen LogP contribution in [0.1, 0.15) is 11.1 Å². The van der Waals surface area contributed by atoms with Gasteiger partial charge in [0, 0.05) is 17.8 Å². The summed E-state index contributed by atoms with van der Waals surface area (Å²) in [6, 6.07) is 23.8. The maximum Gasteiger partial charge on any atom is 0.230 e. The van der Waals surface area contributed by atoms with Crippen LogP contribution >= 0.6 is 11.8 Å². The van der Waals surface area contributed by atoms with Gasteiger partial charge in [0.05, 0.1) is 5.75 Å². The van der Waals surface area contributed by atoms with Crippen molar-refractivity contribution in [3.05, 3.63) is 95.8 Å². The molecular formula is C24H21FN4OS. The second kappa shape index (κ2) is 9.57. The van der Waals surface area contributed by atoms with E-state index in [0.717, 1.165) is 16.8 Å². The van der Waals surface area contributed by atoms with E-state index < -0.39 is 0 Å². The third-order valence-corrected chi connectivity index (χ3v) is 5.62. The fourth-order valence-electron chi connectivity index (χ4n) is 3.05. The molecule has 0 unspecified atom stereocenters. The lowest BCUT2D eigenvalue weighted by molar-refractivity contribution is -0.118. The Morgan fingerprint density at radius 1 is 0.968 bits per heavy atom. The zero-order valence-electron chi connectivity index (χ0n) is 17.0. The molecule has 3 aromatic carbocycles. The van der Waals surface area contributed by atoms with E-state index in [1.54, 1.807) is 12.1 Å². The Labute approximate surface area is 184 Å². The third-order valence-electron chi connectivity index (χ3n) is 4.69. The van der Waals surface area contributed by atoms with Crippen molar-refractivity contribution in [2.45, 2.75) is 18.6 Å². The van der Waals surface area contributed by atoms with Gasteiger partial charge < -0.3 is 5.32 Å². The van der Waals surface area contributed by atoms with E-state index in [1.165, 1.54) is 29.5 Å². The van der Waals surface area contributed by atoms with Gasteiger partial charge in [0.15, 0.2) is 11.0 Å². The molecule has 31 heavy (non-hydrogen) atoms. The van der Waals surface area contributed by atoms with E-state index in [4.69, 9.17) is 0 Å². The summed E-state index contributed by atoms with van der Waals surface area (Å²) in [6.07, 6.45) is 0. The molecule has 7 heteroatoms. The number of amides is 1. The lowest BCUT2D eigenvalue weighted by Crippen LogP contribution is -2.24. The number of halogens is 1. The normalized spacial score (nSPS) is 10.8. The van der Waals surface area contributed by atoms with Gasteiger partial charge in [-0.2, -0.15) is 0 Å². The van der Waals surface area contributed by atoms with Crippen molar-refractivity contribution in [1.82, 2.24) is 20.1 Å². The third kappa shape index (κ3) is 5.19. The van der Waals surface area contributed by atoms with E-state index >= 15 is 0 Å². The van der Waals surface area contributed by atoms with E-state index in [1.807, 2.05) is 66.1 Å². The Morgan fingerprint density at radius 2 is 1.68 bits per heavy atom. The standard InChI is InChI=1S/C24H21FN4OS/c1-17-7-9-18(10-8-17)15-26-22(30)16-31-24-28-27-23(19-11-13-20(25)14-12-19)29(24)21-5-3-2-4-6-21/h2-14H,15-16H2,1H3,(H,26,30). The highest BCUT2D eigenvalue weighted by Gasteiger charge is 2.17. The number of carbonyl (C=O) groups excluding carboxylic acids is 1. The van der Waals surface area contributed by atoms with Crippen LogP contribution in [0.4, 0.5) is 4.39 Å². The maximum absolute atomic E-state index is 13.4. The summed E-state index contributed by atoms with van der Waals surface area (Å²) in [6.45, 7) is 2.51. The zero-order chi connectivity index (χ0) is 21.6. The van der Waals surface area contributed by atoms with Crippen molar-refractivity contribution < 1.29 is 9.18 Å². The molecule has 0 saturated heterocycles. The molecule has 0 radical (unpaired) electrons. The highest BCUT2D eigenvalue weighted by molar-refractivity contribution is 7.99. The minimum atomic E-state index is -0.311. The summed E-state index contributed by atoms with van der Waals surface area (Å²) in [5, 5.41) is 12.1. The van der Waals surface area contributed by atoms with Gasteiger partial charge in [0.25, 0.3) is 0 Å². The minimum Gasteiger partial charge on any atom is -0.351 e. The van der Waals surface area contributed by atoms with E-state index in [0.29, 0.717) is 17.5 Å². The first kappa shape index (κ1) is 20.8. The van der Waals surface area contributed by atoms with Gasteiger partial charge >= 0.3 is 0 Å². The first-order valence-corrected chi connectivity index (χ1v) is 10.8. The van der Waals surface area contributed by atoms with Crippen LogP contribution in [0, 0.1) is 12.7 Å². The number of carbonyl (C=O) groups is 1. The van der Waals surface area contributed by atoms with E-state index in [9.17, 15) is 9.18 Å². The van der Waals surface area contributed by atoms with Crippen LogP contribution in [0.2, 0.25) is 0 Å². The molecule has 0 spiro atoms. The largest absolute Gasteiger partial charge is 0.351 e. The highest BCUT2D eigenvalue weighted by atomic mass is 32.2. The molecular weight excluding hydrogens is 411 g/mol. The fourth-order valence-corrected chi connectivity index (χ4v) is 3.83. The lowest BCUT2D eigenvalue weighted by atomic mass is 10.1. The second-order valence-electron chi connectivity index (χ2n) is 7.04.